The van der Waals surface area contributed by atoms with E-state index in [1.807, 2.05) is 0 Å². The molecule has 21 heavy (non-hydrogen) atoms. The lowest BCUT2D eigenvalue weighted by atomic mass is 9.87. The van der Waals surface area contributed by atoms with E-state index in [9.17, 15) is 5.11 Å². The molecule has 0 amide bonds. The number of piperidine rings is 1. The van der Waals surface area contributed by atoms with Crippen LogP contribution < -0.4 is 5.32 Å². The maximum Gasteiger partial charge on any atom is 0.0571 e. The van der Waals surface area contributed by atoms with Crippen LogP contribution in [0.5, 0.6) is 0 Å². The van der Waals surface area contributed by atoms with Crippen LogP contribution in [-0.2, 0) is 0 Å². The van der Waals surface area contributed by atoms with Gasteiger partial charge in [0.25, 0.3) is 0 Å². The molecule has 0 aromatic heterocycles. The highest BCUT2D eigenvalue weighted by atomic mass is 16.3. The van der Waals surface area contributed by atoms with E-state index >= 15 is 0 Å². The molecule has 3 unspecified atom stereocenters. The second-order valence-corrected chi connectivity index (χ2v) is 8.13. The lowest BCUT2D eigenvalue weighted by Gasteiger charge is -2.42. The lowest BCUT2D eigenvalue weighted by molar-refractivity contribution is 0.0602. The van der Waals surface area contributed by atoms with Gasteiger partial charge in [0.05, 0.1) is 6.10 Å². The van der Waals surface area contributed by atoms with Gasteiger partial charge < -0.3 is 10.4 Å². The number of nitrogens with one attached hydrogen (secondary N) is 1. The van der Waals surface area contributed by atoms with E-state index in [4.69, 9.17) is 0 Å². The molecule has 3 aliphatic rings. The average Bonchev–Trinajstić information content (AvgIpc) is 3.18. The van der Waals surface area contributed by atoms with Crippen LogP contribution >= 0.6 is 0 Å². The first-order chi connectivity index (χ1) is 10.1. The molecule has 1 aliphatic heterocycles. The van der Waals surface area contributed by atoms with Crippen LogP contribution in [0.2, 0.25) is 0 Å². The Balaban J connectivity index is 1.54. The summed E-state index contributed by atoms with van der Waals surface area (Å²) in [4.78, 5) is 2.63. The molecule has 1 heterocycles. The van der Waals surface area contributed by atoms with Gasteiger partial charge in [-0.25, -0.2) is 0 Å². The zero-order chi connectivity index (χ0) is 14.8. The van der Waals surface area contributed by atoms with E-state index in [2.05, 4.69) is 24.1 Å². The van der Waals surface area contributed by atoms with Crippen molar-refractivity contribution in [2.45, 2.75) is 89.4 Å². The Morgan fingerprint density at radius 1 is 1.05 bits per heavy atom. The SMILES string of the molecule is CC(C)N1CC(CC(O)C2CC2)CC(NC2CCCC2)C1. The highest BCUT2D eigenvalue weighted by molar-refractivity contribution is 4.91. The molecule has 122 valence electrons. The number of nitrogens with zero attached hydrogens (tertiary/aromatic N) is 1. The summed E-state index contributed by atoms with van der Waals surface area (Å²) >= 11 is 0. The number of likely N-dealkylation sites (tertiary alicyclic amines) is 1. The molecule has 3 fully saturated rings. The Labute approximate surface area is 130 Å². The predicted molar refractivity (Wildman–Crippen MR) is 87.3 cm³/mol. The van der Waals surface area contributed by atoms with Crippen LogP contribution in [0.3, 0.4) is 0 Å². The molecule has 0 aromatic carbocycles. The summed E-state index contributed by atoms with van der Waals surface area (Å²) < 4.78 is 0. The Hall–Kier alpha value is -0.120. The smallest absolute Gasteiger partial charge is 0.0571 e. The molecule has 0 spiro atoms. The average molecular weight is 294 g/mol. The summed E-state index contributed by atoms with van der Waals surface area (Å²) in [6, 6.07) is 2.02. The van der Waals surface area contributed by atoms with Crippen LogP contribution in [0.25, 0.3) is 0 Å². The van der Waals surface area contributed by atoms with Crippen LogP contribution in [0.4, 0.5) is 0 Å². The number of aliphatic hydroxyl groups excluding tert-OH is 1. The Morgan fingerprint density at radius 3 is 2.38 bits per heavy atom. The summed E-state index contributed by atoms with van der Waals surface area (Å²) in [5.74, 6) is 1.30. The zero-order valence-electron chi connectivity index (χ0n) is 13.9. The minimum Gasteiger partial charge on any atom is -0.393 e. The van der Waals surface area contributed by atoms with Gasteiger partial charge in [-0.15, -0.1) is 0 Å². The minimum atomic E-state index is -0.0331. The molecule has 2 saturated carbocycles. The van der Waals surface area contributed by atoms with Crippen molar-refractivity contribution in [3.8, 4) is 0 Å². The van der Waals surface area contributed by atoms with E-state index < -0.39 is 0 Å². The molecule has 3 heteroatoms. The van der Waals surface area contributed by atoms with Gasteiger partial charge in [0.1, 0.15) is 0 Å². The Morgan fingerprint density at radius 2 is 1.76 bits per heavy atom. The summed E-state index contributed by atoms with van der Waals surface area (Å²) in [7, 11) is 0. The predicted octanol–water partition coefficient (Wildman–Crippen LogP) is 2.78. The first-order valence-corrected chi connectivity index (χ1v) is 9.30. The molecule has 2 N–H and O–H groups in total. The van der Waals surface area contributed by atoms with Crippen molar-refractivity contribution in [2.75, 3.05) is 13.1 Å². The molecule has 0 aromatic rings. The fraction of sp³-hybridized carbons (Fsp3) is 1.00. The van der Waals surface area contributed by atoms with Crippen molar-refractivity contribution >= 4 is 0 Å². The third-order valence-corrected chi connectivity index (χ3v) is 5.86. The van der Waals surface area contributed by atoms with Crippen molar-refractivity contribution in [1.82, 2.24) is 10.2 Å². The molecule has 3 atom stereocenters. The van der Waals surface area contributed by atoms with Crippen molar-refractivity contribution in [3.05, 3.63) is 0 Å². The van der Waals surface area contributed by atoms with Gasteiger partial charge in [-0.2, -0.15) is 0 Å². The van der Waals surface area contributed by atoms with Crippen LogP contribution in [0.1, 0.15) is 65.2 Å². The second-order valence-electron chi connectivity index (χ2n) is 8.13. The molecular weight excluding hydrogens is 260 g/mol. The second kappa shape index (κ2) is 6.97. The summed E-state index contributed by atoms with van der Waals surface area (Å²) in [6.45, 7) is 7.01. The molecule has 1 saturated heterocycles. The molecule has 0 radical (unpaired) electrons. The molecule has 3 nitrogen and oxygen atoms in total. The number of hydrogen-bond donors (Lipinski definition) is 2. The number of aliphatic hydroxyl groups is 1. The van der Waals surface area contributed by atoms with E-state index in [1.165, 1.54) is 58.0 Å². The summed E-state index contributed by atoms with van der Waals surface area (Å²) in [5, 5.41) is 14.2. The molecule has 2 aliphatic carbocycles. The van der Waals surface area contributed by atoms with Gasteiger partial charge in [0.2, 0.25) is 0 Å². The van der Waals surface area contributed by atoms with Crippen molar-refractivity contribution < 1.29 is 5.11 Å². The van der Waals surface area contributed by atoms with Crippen molar-refractivity contribution in [3.63, 3.8) is 0 Å². The quantitative estimate of drug-likeness (QED) is 0.791. The molecular formula is C18H34N2O. The van der Waals surface area contributed by atoms with Gasteiger partial charge in [-0.3, -0.25) is 4.90 Å². The third kappa shape index (κ3) is 4.43. The summed E-state index contributed by atoms with van der Waals surface area (Å²) in [6.07, 6.45) is 10.3. The topological polar surface area (TPSA) is 35.5 Å². The van der Waals surface area contributed by atoms with Crippen LogP contribution in [0, 0.1) is 11.8 Å². The first-order valence-electron chi connectivity index (χ1n) is 9.30. The van der Waals surface area contributed by atoms with Gasteiger partial charge in [0.15, 0.2) is 0 Å². The monoisotopic (exact) mass is 294 g/mol. The van der Waals surface area contributed by atoms with Crippen LogP contribution in [-0.4, -0.2) is 47.3 Å². The molecule has 3 rings (SSSR count). The van der Waals surface area contributed by atoms with Crippen molar-refractivity contribution in [2.24, 2.45) is 11.8 Å². The fourth-order valence-electron chi connectivity index (χ4n) is 4.39. The van der Waals surface area contributed by atoms with E-state index in [0.717, 1.165) is 12.5 Å². The molecule has 0 bridgehead atoms. The Bertz CT molecular complexity index is 307. The maximum absolute atomic E-state index is 10.3. The lowest BCUT2D eigenvalue weighted by Crippen LogP contribution is -2.53. The highest BCUT2D eigenvalue weighted by Crippen LogP contribution is 2.36. The van der Waals surface area contributed by atoms with Gasteiger partial charge in [0, 0.05) is 31.2 Å². The van der Waals surface area contributed by atoms with Gasteiger partial charge in [-0.1, -0.05) is 12.8 Å². The first kappa shape index (κ1) is 15.8. The standard InChI is InChI=1S/C18H34N2O/c1-13(2)20-11-14(10-18(21)15-7-8-15)9-17(12-20)19-16-5-3-4-6-16/h13-19,21H,3-12H2,1-2H3. The van der Waals surface area contributed by atoms with Gasteiger partial charge in [-0.05, 0) is 64.2 Å². The van der Waals surface area contributed by atoms with E-state index in [1.54, 1.807) is 0 Å². The summed E-state index contributed by atoms with van der Waals surface area (Å²) in [5.41, 5.74) is 0. The largest absolute Gasteiger partial charge is 0.393 e. The number of rotatable bonds is 6. The normalized spacial score (nSPS) is 33.7. The minimum absolute atomic E-state index is 0.0331. The zero-order valence-corrected chi connectivity index (χ0v) is 13.9. The van der Waals surface area contributed by atoms with Crippen LogP contribution in [0.15, 0.2) is 0 Å². The van der Waals surface area contributed by atoms with Crippen molar-refractivity contribution in [1.29, 1.82) is 0 Å². The van der Waals surface area contributed by atoms with Gasteiger partial charge >= 0.3 is 0 Å². The van der Waals surface area contributed by atoms with E-state index in [0.29, 0.717) is 23.9 Å². The fourth-order valence-corrected chi connectivity index (χ4v) is 4.39. The van der Waals surface area contributed by atoms with E-state index in [-0.39, 0.29) is 6.10 Å². The number of hydrogen-bond acceptors (Lipinski definition) is 3. The third-order valence-electron chi connectivity index (χ3n) is 5.86. The maximum atomic E-state index is 10.3. The highest BCUT2D eigenvalue weighted by Gasteiger charge is 2.35. The Kier molecular flexibility index (Phi) is 5.23.